The van der Waals surface area contributed by atoms with Crippen LogP contribution in [0, 0.1) is 0 Å². The Bertz CT molecular complexity index is 954. The Kier molecular flexibility index (Phi) is 6.59. The maximum atomic E-state index is 11.2. The van der Waals surface area contributed by atoms with Crippen molar-refractivity contribution < 1.29 is 19.1 Å². The van der Waals surface area contributed by atoms with Gasteiger partial charge in [0.05, 0.1) is 19.3 Å². The van der Waals surface area contributed by atoms with E-state index in [0.29, 0.717) is 25.2 Å². The summed E-state index contributed by atoms with van der Waals surface area (Å²) < 4.78 is 10.4. The van der Waals surface area contributed by atoms with Gasteiger partial charge >= 0.3 is 11.9 Å². The predicted octanol–water partition coefficient (Wildman–Crippen LogP) is 4.73. The molecule has 2 atom stereocenters. The predicted molar refractivity (Wildman–Crippen MR) is 120 cm³/mol. The average Bonchev–Trinajstić information content (AvgIpc) is 2.75. The number of para-hydroxylation sites is 1. The second kappa shape index (κ2) is 9.54. The third kappa shape index (κ3) is 4.76. The number of hydrogen-bond donors (Lipinski definition) is 0. The molecule has 5 heteroatoms. The molecular weight excluding hydrogens is 390 g/mol. The third-order valence-corrected chi connectivity index (χ3v) is 6.43. The van der Waals surface area contributed by atoms with E-state index < -0.39 is 0 Å². The lowest BCUT2D eigenvalue weighted by atomic mass is 9.71. The first-order chi connectivity index (χ1) is 15.0. The van der Waals surface area contributed by atoms with Gasteiger partial charge in [-0.3, -0.25) is 9.59 Å². The molecule has 0 aromatic heterocycles. The summed E-state index contributed by atoms with van der Waals surface area (Å²) in [7, 11) is 0. The third-order valence-electron chi connectivity index (χ3n) is 6.43. The van der Waals surface area contributed by atoms with E-state index >= 15 is 0 Å². The maximum Gasteiger partial charge on any atom is 0.302 e. The van der Waals surface area contributed by atoms with E-state index in [0.717, 1.165) is 38.6 Å². The number of ether oxygens (including phenoxy) is 2. The van der Waals surface area contributed by atoms with Gasteiger partial charge in [0.1, 0.15) is 0 Å². The number of carbonyl (C=O) groups is 2. The summed E-state index contributed by atoms with van der Waals surface area (Å²) in [6.07, 6.45) is 4.73. The molecule has 1 aliphatic heterocycles. The average molecular weight is 422 g/mol. The highest BCUT2D eigenvalue weighted by molar-refractivity contribution is 5.66. The van der Waals surface area contributed by atoms with Crippen LogP contribution in [0.3, 0.4) is 0 Å². The minimum absolute atomic E-state index is 0.218. The molecule has 1 aliphatic carbocycles. The number of unbranched alkanes of at least 4 members (excludes halogenated alkanes) is 1. The Hall–Kier alpha value is -2.82. The second-order valence-electron chi connectivity index (χ2n) is 8.53. The van der Waals surface area contributed by atoms with Gasteiger partial charge in [0.2, 0.25) is 0 Å². The molecule has 5 nitrogen and oxygen atoms in total. The number of anilines is 1. The fourth-order valence-electron chi connectivity index (χ4n) is 5.19. The van der Waals surface area contributed by atoms with Gasteiger partial charge in [-0.1, -0.05) is 36.4 Å². The molecule has 2 aliphatic rings. The Morgan fingerprint density at radius 2 is 1.74 bits per heavy atom. The van der Waals surface area contributed by atoms with Crippen molar-refractivity contribution in [2.45, 2.75) is 57.9 Å². The van der Waals surface area contributed by atoms with E-state index in [-0.39, 0.29) is 11.9 Å². The lowest BCUT2D eigenvalue weighted by molar-refractivity contribution is -0.141. The topological polar surface area (TPSA) is 55.8 Å². The van der Waals surface area contributed by atoms with Crippen molar-refractivity contribution in [2.75, 3.05) is 24.7 Å². The summed E-state index contributed by atoms with van der Waals surface area (Å²) in [5.41, 5.74) is 6.89. The standard InChI is InChI=1S/C26H31NO4/c1-18(28)30-14-6-5-13-27-24-11-4-3-10-23(24)22-16-21-9-7-8-20(12-15-31-19(2)29)26(21)25(27)17-22/h3-4,7-11,22,25H,5-6,12-17H2,1-2H3. The van der Waals surface area contributed by atoms with Crippen LogP contribution in [0.1, 0.15) is 67.3 Å². The van der Waals surface area contributed by atoms with Gasteiger partial charge in [-0.15, -0.1) is 0 Å². The molecule has 0 spiro atoms. The molecule has 0 saturated carbocycles. The van der Waals surface area contributed by atoms with Crippen LogP contribution in [0.5, 0.6) is 0 Å². The van der Waals surface area contributed by atoms with Gasteiger partial charge in [0.25, 0.3) is 0 Å². The van der Waals surface area contributed by atoms with E-state index in [4.69, 9.17) is 9.47 Å². The van der Waals surface area contributed by atoms with Gasteiger partial charge in [-0.2, -0.15) is 0 Å². The van der Waals surface area contributed by atoms with Crippen LogP contribution in [-0.2, 0) is 31.9 Å². The van der Waals surface area contributed by atoms with Crippen molar-refractivity contribution in [3.05, 3.63) is 64.7 Å². The van der Waals surface area contributed by atoms with Crippen molar-refractivity contribution in [1.82, 2.24) is 0 Å². The molecule has 0 saturated heterocycles. The lowest BCUT2D eigenvalue weighted by Gasteiger charge is -2.47. The maximum absolute atomic E-state index is 11.2. The molecule has 31 heavy (non-hydrogen) atoms. The van der Waals surface area contributed by atoms with Crippen LogP contribution in [0.4, 0.5) is 5.69 Å². The lowest BCUT2D eigenvalue weighted by Crippen LogP contribution is -2.39. The Morgan fingerprint density at radius 3 is 2.55 bits per heavy atom. The summed E-state index contributed by atoms with van der Waals surface area (Å²) >= 11 is 0. The van der Waals surface area contributed by atoms with Gasteiger partial charge in [-0.05, 0) is 59.9 Å². The molecular formula is C26H31NO4. The van der Waals surface area contributed by atoms with Crippen LogP contribution < -0.4 is 4.90 Å². The highest BCUT2D eigenvalue weighted by Gasteiger charge is 2.38. The van der Waals surface area contributed by atoms with E-state index in [9.17, 15) is 9.59 Å². The Morgan fingerprint density at radius 1 is 0.968 bits per heavy atom. The van der Waals surface area contributed by atoms with Gasteiger partial charge < -0.3 is 14.4 Å². The first kappa shape index (κ1) is 21.4. The van der Waals surface area contributed by atoms with E-state index in [2.05, 4.69) is 47.4 Å². The highest BCUT2D eigenvalue weighted by Crippen LogP contribution is 2.51. The normalized spacial score (nSPS) is 18.7. The molecule has 4 rings (SSSR count). The van der Waals surface area contributed by atoms with E-state index in [1.54, 1.807) is 0 Å². The molecule has 164 valence electrons. The summed E-state index contributed by atoms with van der Waals surface area (Å²) in [5, 5.41) is 0. The first-order valence-electron chi connectivity index (χ1n) is 11.3. The zero-order valence-corrected chi connectivity index (χ0v) is 18.4. The van der Waals surface area contributed by atoms with Crippen LogP contribution >= 0.6 is 0 Å². The smallest absolute Gasteiger partial charge is 0.302 e. The number of fused-ring (bicyclic) bond motifs is 6. The Balaban J connectivity index is 1.59. The SMILES string of the molecule is CC(=O)OCCCCN1c2ccccc2C2Cc3cccc(CCOC(C)=O)c3C1C2. The van der Waals surface area contributed by atoms with Crippen molar-refractivity contribution in [2.24, 2.45) is 0 Å². The second-order valence-corrected chi connectivity index (χ2v) is 8.53. The van der Waals surface area contributed by atoms with Gasteiger partial charge in [-0.25, -0.2) is 0 Å². The molecule has 2 aromatic rings. The monoisotopic (exact) mass is 421 g/mol. The molecule has 0 radical (unpaired) electrons. The van der Waals surface area contributed by atoms with E-state index in [1.807, 2.05) is 0 Å². The number of hydrogen-bond acceptors (Lipinski definition) is 5. The number of carbonyl (C=O) groups excluding carboxylic acids is 2. The summed E-state index contributed by atoms with van der Waals surface area (Å²) in [6, 6.07) is 15.7. The minimum Gasteiger partial charge on any atom is -0.466 e. The first-order valence-corrected chi connectivity index (χ1v) is 11.3. The number of nitrogens with zero attached hydrogens (tertiary/aromatic N) is 1. The van der Waals surface area contributed by atoms with Crippen LogP contribution in [0.15, 0.2) is 42.5 Å². The fourth-order valence-corrected chi connectivity index (χ4v) is 5.19. The largest absolute Gasteiger partial charge is 0.466 e. The van der Waals surface area contributed by atoms with Crippen molar-refractivity contribution in [1.29, 1.82) is 0 Å². The molecule has 2 unspecified atom stereocenters. The molecule has 2 aromatic carbocycles. The fraction of sp³-hybridized carbons (Fsp3) is 0.462. The zero-order chi connectivity index (χ0) is 21.8. The van der Waals surface area contributed by atoms with E-state index in [1.165, 1.54) is 41.8 Å². The van der Waals surface area contributed by atoms with Gasteiger partial charge in [0, 0.05) is 32.5 Å². The summed E-state index contributed by atoms with van der Waals surface area (Å²) in [4.78, 5) is 24.8. The van der Waals surface area contributed by atoms with Crippen LogP contribution in [0.25, 0.3) is 0 Å². The highest BCUT2D eigenvalue weighted by atomic mass is 16.5. The van der Waals surface area contributed by atoms with Gasteiger partial charge in [0.15, 0.2) is 0 Å². The number of rotatable bonds is 8. The minimum atomic E-state index is -0.231. The number of benzene rings is 2. The molecule has 2 bridgehead atoms. The molecule has 0 fully saturated rings. The zero-order valence-electron chi connectivity index (χ0n) is 18.4. The van der Waals surface area contributed by atoms with Crippen molar-refractivity contribution in [3.63, 3.8) is 0 Å². The van der Waals surface area contributed by atoms with Crippen LogP contribution in [-0.4, -0.2) is 31.7 Å². The van der Waals surface area contributed by atoms with Crippen LogP contribution in [0.2, 0.25) is 0 Å². The molecule has 0 N–H and O–H groups in total. The molecule has 0 amide bonds. The van der Waals surface area contributed by atoms with Crippen molar-refractivity contribution >= 4 is 17.6 Å². The number of esters is 2. The summed E-state index contributed by atoms with van der Waals surface area (Å²) in [6.45, 7) is 4.73. The Labute approximate surface area is 184 Å². The summed E-state index contributed by atoms with van der Waals surface area (Å²) in [5.74, 6) is 0.0883. The molecule has 1 heterocycles. The quantitative estimate of drug-likeness (QED) is 0.456. The van der Waals surface area contributed by atoms with Crippen molar-refractivity contribution in [3.8, 4) is 0 Å².